The number of hydrogen-bond donors (Lipinski definition) is 0. The van der Waals surface area contributed by atoms with Crippen molar-refractivity contribution >= 4 is 5.97 Å². The van der Waals surface area contributed by atoms with E-state index < -0.39 is 5.41 Å². The van der Waals surface area contributed by atoms with E-state index in [1.165, 1.54) is 49.8 Å². The molecule has 1 aliphatic heterocycles. The Morgan fingerprint density at radius 1 is 1.24 bits per heavy atom. The molecule has 1 heterocycles. The van der Waals surface area contributed by atoms with Gasteiger partial charge in [-0.15, -0.1) is 0 Å². The van der Waals surface area contributed by atoms with Crippen molar-refractivity contribution in [2.75, 3.05) is 13.6 Å². The lowest BCUT2D eigenvalue weighted by Crippen LogP contribution is -2.59. The van der Waals surface area contributed by atoms with Crippen LogP contribution in [0.4, 0.5) is 0 Å². The van der Waals surface area contributed by atoms with Gasteiger partial charge in [0.05, 0.1) is 5.41 Å². The number of rotatable bonds is 1. The zero-order valence-electron chi connectivity index (χ0n) is 16.1. The highest BCUT2D eigenvalue weighted by Crippen LogP contribution is 2.55. The standard InChI is InChI=1S/C22H31NO2/c1-21(2,3)20(24)25-16-9-8-15-13-19-17-7-5-6-10-22(17,18(15)14-16)11-12-23(19)4/h8-9,14,17,19H,5-7,10-13H2,1-4H3/t17-,19+,22+/m1/s1. The van der Waals surface area contributed by atoms with Crippen LogP contribution in [0.3, 0.4) is 0 Å². The first-order valence-corrected chi connectivity index (χ1v) is 9.87. The second-order valence-corrected chi connectivity index (χ2v) is 9.47. The third kappa shape index (κ3) is 2.71. The molecule has 136 valence electrons. The first-order chi connectivity index (χ1) is 11.8. The summed E-state index contributed by atoms with van der Waals surface area (Å²) in [4.78, 5) is 14.9. The van der Waals surface area contributed by atoms with E-state index in [1.54, 1.807) is 0 Å². The summed E-state index contributed by atoms with van der Waals surface area (Å²) in [6.07, 6.45) is 7.73. The van der Waals surface area contributed by atoms with Gasteiger partial charge in [-0.1, -0.05) is 18.9 Å². The lowest BCUT2D eigenvalue weighted by atomic mass is 9.52. The molecule has 1 aromatic carbocycles. The van der Waals surface area contributed by atoms with Gasteiger partial charge in [0.1, 0.15) is 5.75 Å². The number of likely N-dealkylation sites (tertiary alicyclic amines) is 1. The Balaban J connectivity index is 1.73. The second kappa shape index (κ2) is 5.84. The molecule has 0 radical (unpaired) electrons. The van der Waals surface area contributed by atoms with Gasteiger partial charge in [-0.05, 0) is 89.2 Å². The SMILES string of the molecule is CN1CC[C@@]23CCCC[C@@H]2[C@@H]1Cc1ccc(OC(=O)C(C)(C)C)cc13. The van der Waals surface area contributed by atoms with E-state index in [0.717, 1.165) is 18.1 Å². The number of hydrogen-bond acceptors (Lipinski definition) is 3. The fraction of sp³-hybridized carbons (Fsp3) is 0.682. The van der Waals surface area contributed by atoms with Crippen molar-refractivity contribution in [3.05, 3.63) is 29.3 Å². The molecule has 25 heavy (non-hydrogen) atoms. The van der Waals surface area contributed by atoms with E-state index in [-0.39, 0.29) is 5.97 Å². The first kappa shape index (κ1) is 17.1. The molecule has 4 rings (SSSR count). The summed E-state index contributed by atoms with van der Waals surface area (Å²) in [5, 5.41) is 0. The lowest BCUT2D eigenvalue weighted by Gasteiger charge is -2.58. The number of nitrogens with zero attached hydrogens (tertiary/aromatic N) is 1. The van der Waals surface area contributed by atoms with Gasteiger partial charge in [0.25, 0.3) is 0 Å². The van der Waals surface area contributed by atoms with E-state index in [4.69, 9.17) is 4.74 Å². The highest BCUT2D eigenvalue weighted by Gasteiger charge is 2.53. The van der Waals surface area contributed by atoms with E-state index in [9.17, 15) is 4.79 Å². The van der Waals surface area contributed by atoms with Crippen LogP contribution >= 0.6 is 0 Å². The minimum Gasteiger partial charge on any atom is -0.426 e. The molecule has 1 saturated heterocycles. The molecule has 2 fully saturated rings. The Labute approximate surface area is 151 Å². The van der Waals surface area contributed by atoms with Crippen molar-refractivity contribution in [1.82, 2.24) is 4.90 Å². The highest BCUT2D eigenvalue weighted by atomic mass is 16.5. The first-order valence-electron chi connectivity index (χ1n) is 9.87. The Morgan fingerprint density at radius 3 is 2.80 bits per heavy atom. The second-order valence-electron chi connectivity index (χ2n) is 9.47. The zero-order valence-corrected chi connectivity index (χ0v) is 16.1. The predicted molar refractivity (Wildman–Crippen MR) is 99.9 cm³/mol. The molecule has 2 aliphatic carbocycles. The van der Waals surface area contributed by atoms with Crippen LogP contribution in [0, 0.1) is 11.3 Å². The Kier molecular flexibility index (Phi) is 3.99. The fourth-order valence-electron chi connectivity index (χ4n) is 5.50. The summed E-state index contributed by atoms with van der Waals surface area (Å²) in [6, 6.07) is 7.11. The Hall–Kier alpha value is -1.35. The molecule has 0 spiro atoms. The van der Waals surface area contributed by atoms with Crippen LogP contribution in [0.25, 0.3) is 0 Å². The summed E-state index contributed by atoms with van der Waals surface area (Å²) in [5.41, 5.74) is 2.80. The van der Waals surface area contributed by atoms with Gasteiger partial charge in [-0.2, -0.15) is 0 Å². The summed E-state index contributed by atoms with van der Waals surface area (Å²) >= 11 is 0. The van der Waals surface area contributed by atoms with E-state index >= 15 is 0 Å². The Bertz CT molecular complexity index is 690. The maximum Gasteiger partial charge on any atom is 0.316 e. The molecule has 1 saturated carbocycles. The average Bonchev–Trinajstić information content (AvgIpc) is 2.57. The van der Waals surface area contributed by atoms with Gasteiger partial charge in [0.15, 0.2) is 0 Å². The molecule has 1 aromatic rings. The molecular formula is C22H31NO2. The highest BCUT2D eigenvalue weighted by molar-refractivity contribution is 5.78. The molecule has 0 aromatic heterocycles. The quantitative estimate of drug-likeness (QED) is 0.562. The van der Waals surface area contributed by atoms with Crippen molar-refractivity contribution in [3.63, 3.8) is 0 Å². The number of fused-ring (bicyclic) bond motifs is 1. The van der Waals surface area contributed by atoms with Gasteiger partial charge < -0.3 is 9.64 Å². The van der Waals surface area contributed by atoms with Crippen molar-refractivity contribution in [2.45, 2.75) is 70.8 Å². The maximum absolute atomic E-state index is 12.3. The van der Waals surface area contributed by atoms with Gasteiger partial charge in [0.2, 0.25) is 0 Å². The third-order valence-electron chi connectivity index (χ3n) is 6.91. The number of likely N-dealkylation sites (N-methyl/N-ethyl adjacent to an activating group) is 1. The van der Waals surface area contributed by atoms with Crippen molar-refractivity contribution in [2.24, 2.45) is 11.3 Å². The van der Waals surface area contributed by atoms with Crippen molar-refractivity contribution in [3.8, 4) is 5.75 Å². The van der Waals surface area contributed by atoms with E-state index in [2.05, 4.69) is 24.1 Å². The normalized spacial score (nSPS) is 31.8. The largest absolute Gasteiger partial charge is 0.426 e. The van der Waals surface area contributed by atoms with Crippen LogP contribution in [-0.4, -0.2) is 30.5 Å². The van der Waals surface area contributed by atoms with Crippen LogP contribution in [0.2, 0.25) is 0 Å². The number of esters is 1. The van der Waals surface area contributed by atoms with Crippen LogP contribution < -0.4 is 4.74 Å². The lowest BCUT2D eigenvalue weighted by molar-refractivity contribution is -0.143. The summed E-state index contributed by atoms with van der Waals surface area (Å²) in [5.74, 6) is 1.35. The van der Waals surface area contributed by atoms with Crippen molar-refractivity contribution in [1.29, 1.82) is 0 Å². The monoisotopic (exact) mass is 341 g/mol. The average molecular weight is 341 g/mol. The fourth-order valence-corrected chi connectivity index (χ4v) is 5.50. The Morgan fingerprint density at radius 2 is 2.04 bits per heavy atom. The number of carbonyl (C=O) groups excluding carboxylic acids is 1. The smallest absolute Gasteiger partial charge is 0.316 e. The molecule has 0 unspecified atom stereocenters. The summed E-state index contributed by atoms with van der Waals surface area (Å²) in [7, 11) is 2.30. The van der Waals surface area contributed by atoms with Crippen LogP contribution in [0.1, 0.15) is 64.0 Å². The summed E-state index contributed by atoms with van der Waals surface area (Å²) < 4.78 is 5.73. The maximum atomic E-state index is 12.3. The van der Waals surface area contributed by atoms with Gasteiger partial charge >= 0.3 is 5.97 Å². The van der Waals surface area contributed by atoms with Gasteiger partial charge in [-0.3, -0.25) is 4.79 Å². The molecule has 3 heteroatoms. The van der Waals surface area contributed by atoms with Gasteiger partial charge in [-0.25, -0.2) is 0 Å². The minimum absolute atomic E-state index is 0.151. The third-order valence-corrected chi connectivity index (χ3v) is 6.91. The van der Waals surface area contributed by atoms with Crippen LogP contribution in [0.5, 0.6) is 5.75 Å². The number of carbonyl (C=O) groups is 1. The minimum atomic E-state index is -0.472. The van der Waals surface area contributed by atoms with Crippen molar-refractivity contribution < 1.29 is 9.53 Å². The summed E-state index contributed by atoms with van der Waals surface area (Å²) in [6.45, 7) is 6.91. The topological polar surface area (TPSA) is 29.5 Å². The predicted octanol–water partition coefficient (Wildman–Crippen LogP) is 4.33. The van der Waals surface area contributed by atoms with E-state index in [0.29, 0.717) is 11.5 Å². The number of piperidine rings is 1. The van der Waals surface area contributed by atoms with E-state index in [1.807, 2.05) is 26.8 Å². The molecule has 0 amide bonds. The van der Waals surface area contributed by atoms with Crippen LogP contribution in [0.15, 0.2) is 18.2 Å². The van der Waals surface area contributed by atoms with Gasteiger partial charge in [0, 0.05) is 11.5 Å². The molecule has 3 aliphatic rings. The zero-order chi connectivity index (χ0) is 17.8. The molecular weight excluding hydrogens is 310 g/mol. The number of benzene rings is 1. The number of ether oxygens (including phenoxy) is 1. The molecule has 3 nitrogen and oxygen atoms in total. The molecule has 2 bridgehead atoms. The molecule has 3 atom stereocenters. The molecule has 0 N–H and O–H groups in total. The van der Waals surface area contributed by atoms with Crippen LogP contribution in [-0.2, 0) is 16.6 Å².